The summed E-state index contributed by atoms with van der Waals surface area (Å²) in [4.78, 5) is 10.3. The van der Waals surface area contributed by atoms with E-state index in [0.29, 0.717) is 0 Å². The molecule has 0 saturated carbocycles. The van der Waals surface area contributed by atoms with Crippen LogP contribution in [0.5, 0.6) is 0 Å². The molecule has 0 aliphatic rings. The molecule has 0 rings (SSSR count). The van der Waals surface area contributed by atoms with Crippen LogP contribution in [0.2, 0.25) is 0 Å². The summed E-state index contributed by atoms with van der Waals surface area (Å²) < 4.78 is 0. The van der Waals surface area contributed by atoms with Gasteiger partial charge in [-0.05, 0) is 13.8 Å². The topological polar surface area (TPSA) is 23.6 Å². The van der Waals surface area contributed by atoms with Gasteiger partial charge in [0, 0.05) is 20.1 Å². The Morgan fingerprint density at radius 1 is 1.33 bits per heavy atom. The monoisotopic (exact) mass is 130 g/mol. The fourth-order valence-electron chi connectivity index (χ4n) is 0.678. The number of carbonyl (C=O) groups is 1. The van der Waals surface area contributed by atoms with E-state index in [-0.39, 0.29) is 6.04 Å². The molecule has 0 fully saturated rings. The molecule has 0 unspecified atom stereocenters. The van der Waals surface area contributed by atoms with Crippen molar-refractivity contribution in [1.82, 2.24) is 10.0 Å². The molecule has 3 heteroatoms. The molecular weight excluding hydrogens is 116 g/mol. The number of rotatable bonds is 3. The van der Waals surface area contributed by atoms with Gasteiger partial charge in [-0.25, -0.2) is 5.01 Å². The summed E-state index contributed by atoms with van der Waals surface area (Å²) in [5.74, 6) is 0. The third kappa shape index (κ3) is 2.46. The normalized spacial score (nSPS) is 10.4. The maximum Gasteiger partial charge on any atom is 0.224 e. The van der Waals surface area contributed by atoms with Crippen molar-refractivity contribution in [2.24, 2.45) is 0 Å². The van der Waals surface area contributed by atoms with Gasteiger partial charge in [0.05, 0.1) is 0 Å². The molecule has 0 N–H and O–H groups in total. The molecular formula is C6H14N2O. The number of carbonyl (C=O) groups excluding carboxylic acids is 1. The van der Waals surface area contributed by atoms with Gasteiger partial charge in [-0.15, -0.1) is 0 Å². The van der Waals surface area contributed by atoms with Crippen LogP contribution in [0.1, 0.15) is 13.8 Å². The highest BCUT2D eigenvalue weighted by atomic mass is 16.1. The Kier molecular flexibility index (Phi) is 3.24. The van der Waals surface area contributed by atoms with Crippen LogP contribution in [0.3, 0.4) is 0 Å². The quantitative estimate of drug-likeness (QED) is 0.406. The zero-order valence-corrected chi connectivity index (χ0v) is 6.46. The van der Waals surface area contributed by atoms with Crippen molar-refractivity contribution in [2.75, 3.05) is 14.1 Å². The van der Waals surface area contributed by atoms with Gasteiger partial charge in [-0.3, -0.25) is 9.80 Å². The van der Waals surface area contributed by atoms with E-state index in [1.54, 1.807) is 10.0 Å². The van der Waals surface area contributed by atoms with Crippen LogP contribution in [0, 0.1) is 0 Å². The van der Waals surface area contributed by atoms with E-state index < -0.39 is 0 Å². The lowest BCUT2D eigenvalue weighted by Gasteiger charge is -2.27. The number of hydrogen-bond acceptors (Lipinski definition) is 2. The molecule has 0 aliphatic heterocycles. The van der Waals surface area contributed by atoms with Gasteiger partial charge in [-0.1, -0.05) is 0 Å². The average Bonchev–Trinajstić information content (AvgIpc) is 1.64. The highest BCUT2D eigenvalue weighted by Gasteiger charge is 2.06. The maximum absolute atomic E-state index is 10.3. The fraction of sp³-hybridized carbons (Fsp3) is 0.833. The predicted octanol–water partition coefficient (Wildman–Crippen LogP) is 0.330. The highest BCUT2D eigenvalue weighted by Crippen LogP contribution is 1.94. The molecule has 1 amide bonds. The maximum atomic E-state index is 10.3. The second-order valence-electron chi connectivity index (χ2n) is 2.43. The average molecular weight is 130 g/mol. The smallest absolute Gasteiger partial charge is 0.224 e. The van der Waals surface area contributed by atoms with E-state index in [0.717, 1.165) is 6.41 Å². The third-order valence-corrected chi connectivity index (χ3v) is 1.10. The van der Waals surface area contributed by atoms with Gasteiger partial charge < -0.3 is 0 Å². The minimum Gasteiger partial charge on any atom is -0.277 e. The van der Waals surface area contributed by atoms with Crippen molar-refractivity contribution in [1.29, 1.82) is 0 Å². The summed E-state index contributed by atoms with van der Waals surface area (Å²) in [5.41, 5.74) is 0. The Hall–Kier alpha value is -0.570. The Morgan fingerprint density at radius 2 is 1.78 bits per heavy atom. The standard InChI is InChI=1S/C6H14N2O/c1-6(2)8(5-9)7(3)4/h5-6H,1-4H3. The van der Waals surface area contributed by atoms with Gasteiger partial charge in [-0.2, -0.15) is 0 Å². The Bertz CT molecular complexity index is 83.1. The Morgan fingerprint density at radius 3 is 1.78 bits per heavy atom. The van der Waals surface area contributed by atoms with Crippen molar-refractivity contribution >= 4 is 6.41 Å². The van der Waals surface area contributed by atoms with Crippen molar-refractivity contribution in [3.63, 3.8) is 0 Å². The molecule has 0 aromatic carbocycles. The number of hydrogen-bond donors (Lipinski definition) is 0. The second kappa shape index (κ2) is 3.45. The van der Waals surface area contributed by atoms with E-state index in [2.05, 4.69) is 0 Å². The van der Waals surface area contributed by atoms with Crippen molar-refractivity contribution in [3.05, 3.63) is 0 Å². The fourth-order valence-corrected chi connectivity index (χ4v) is 0.678. The molecule has 0 atom stereocenters. The molecule has 0 spiro atoms. The minimum absolute atomic E-state index is 0.248. The first-order valence-corrected chi connectivity index (χ1v) is 3.00. The highest BCUT2D eigenvalue weighted by molar-refractivity contribution is 5.46. The molecule has 0 heterocycles. The summed E-state index contributed by atoms with van der Waals surface area (Å²) >= 11 is 0. The number of nitrogens with zero attached hydrogens (tertiary/aromatic N) is 2. The molecule has 0 saturated heterocycles. The molecule has 0 aliphatic carbocycles. The zero-order chi connectivity index (χ0) is 7.44. The zero-order valence-electron chi connectivity index (χ0n) is 6.46. The first kappa shape index (κ1) is 8.43. The molecule has 0 radical (unpaired) electrons. The SMILES string of the molecule is CC(C)N(C=O)N(C)C. The summed E-state index contributed by atoms with van der Waals surface area (Å²) in [6.07, 6.45) is 0.824. The lowest BCUT2D eigenvalue weighted by molar-refractivity contribution is -0.133. The molecule has 3 nitrogen and oxygen atoms in total. The van der Waals surface area contributed by atoms with E-state index in [1.807, 2.05) is 27.9 Å². The van der Waals surface area contributed by atoms with Crippen LogP contribution in [0.4, 0.5) is 0 Å². The number of amides is 1. The molecule has 0 bridgehead atoms. The Labute approximate surface area is 56.2 Å². The first-order valence-electron chi connectivity index (χ1n) is 3.00. The molecule has 0 aromatic rings. The molecule has 9 heavy (non-hydrogen) atoms. The van der Waals surface area contributed by atoms with E-state index in [4.69, 9.17) is 0 Å². The lowest BCUT2D eigenvalue weighted by Crippen LogP contribution is -2.40. The summed E-state index contributed by atoms with van der Waals surface area (Å²) in [7, 11) is 3.68. The van der Waals surface area contributed by atoms with Gasteiger partial charge in [0.2, 0.25) is 6.41 Å². The van der Waals surface area contributed by atoms with Crippen LogP contribution < -0.4 is 0 Å². The van der Waals surface area contributed by atoms with E-state index >= 15 is 0 Å². The summed E-state index contributed by atoms with van der Waals surface area (Å²) in [5, 5.41) is 3.37. The van der Waals surface area contributed by atoms with Gasteiger partial charge in [0.1, 0.15) is 0 Å². The van der Waals surface area contributed by atoms with Crippen LogP contribution >= 0.6 is 0 Å². The van der Waals surface area contributed by atoms with Gasteiger partial charge >= 0.3 is 0 Å². The summed E-state index contributed by atoms with van der Waals surface area (Å²) in [6, 6.07) is 0.248. The second-order valence-corrected chi connectivity index (χ2v) is 2.43. The van der Waals surface area contributed by atoms with Gasteiger partial charge in [0.25, 0.3) is 0 Å². The van der Waals surface area contributed by atoms with Crippen LogP contribution in [-0.4, -0.2) is 36.6 Å². The Balaban J connectivity index is 3.82. The molecule has 54 valence electrons. The van der Waals surface area contributed by atoms with Crippen molar-refractivity contribution in [3.8, 4) is 0 Å². The van der Waals surface area contributed by atoms with E-state index in [9.17, 15) is 4.79 Å². The largest absolute Gasteiger partial charge is 0.277 e. The predicted molar refractivity (Wildman–Crippen MR) is 36.7 cm³/mol. The first-order chi connectivity index (χ1) is 4.09. The van der Waals surface area contributed by atoms with Crippen molar-refractivity contribution in [2.45, 2.75) is 19.9 Å². The van der Waals surface area contributed by atoms with Crippen LogP contribution in [0.15, 0.2) is 0 Å². The molecule has 0 aromatic heterocycles. The number of hydrazine groups is 1. The van der Waals surface area contributed by atoms with Crippen LogP contribution in [0.25, 0.3) is 0 Å². The van der Waals surface area contributed by atoms with Gasteiger partial charge in [0.15, 0.2) is 0 Å². The lowest BCUT2D eigenvalue weighted by atomic mass is 10.4. The third-order valence-electron chi connectivity index (χ3n) is 1.10. The van der Waals surface area contributed by atoms with Crippen molar-refractivity contribution < 1.29 is 4.79 Å². The van der Waals surface area contributed by atoms with E-state index in [1.165, 1.54) is 0 Å². The minimum atomic E-state index is 0.248. The van der Waals surface area contributed by atoms with Crippen LogP contribution in [-0.2, 0) is 4.79 Å². The summed E-state index contributed by atoms with van der Waals surface area (Å²) in [6.45, 7) is 3.93.